The van der Waals surface area contributed by atoms with Crippen molar-refractivity contribution in [3.8, 4) is 5.75 Å². The lowest BCUT2D eigenvalue weighted by molar-refractivity contribution is -0.124. The molecule has 36 heavy (non-hydrogen) atoms. The number of Topliss-reactive ketones (excluding diaryl/α,β-unsaturated/α-hetero) is 2. The number of ketones is 2. The van der Waals surface area contributed by atoms with E-state index in [1.54, 1.807) is 14.1 Å². The molecule has 0 aromatic heterocycles. The number of aliphatic hydroxyl groups excluding tert-OH is 2. The highest BCUT2D eigenvalue weighted by Crippen LogP contribution is 2.45. The number of primary amides is 1. The van der Waals surface area contributed by atoms with Crippen molar-refractivity contribution >= 4 is 28.9 Å². The molecule has 2 atom stereocenters. The van der Waals surface area contributed by atoms with Crippen molar-refractivity contribution in [3.05, 3.63) is 40.2 Å². The molecule has 0 saturated carbocycles. The summed E-state index contributed by atoms with van der Waals surface area (Å²) >= 11 is 0. The lowest BCUT2D eigenvalue weighted by Crippen LogP contribution is -2.40. The van der Waals surface area contributed by atoms with Gasteiger partial charge in [0.2, 0.25) is 0 Å². The van der Waals surface area contributed by atoms with E-state index in [1.165, 1.54) is 12.0 Å². The summed E-state index contributed by atoms with van der Waals surface area (Å²) < 4.78 is 5.21. The number of nitrogens with zero attached hydrogens (tertiary/aromatic N) is 2. The number of anilines is 1. The number of ether oxygens (including phenoxy) is 1. The van der Waals surface area contributed by atoms with Crippen LogP contribution in [0.25, 0.3) is 5.76 Å². The van der Waals surface area contributed by atoms with Gasteiger partial charge in [0.15, 0.2) is 11.6 Å². The summed E-state index contributed by atoms with van der Waals surface area (Å²) in [7, 11) is 8.47. The lowest BCUT2D eigenvalue weighted by Gasteiger charge is -2.32. The first-order valence-corrected chi connectivity index (χ1v) is 11.8. The van der Waals surface area contributed by atoms with E-state index in [1.807, 2.05) is 32.0 Å². The molecule has 10 heteroatoms. The van der Waals surface area contributed by atoms with Crippen LogP contribution < -0.4 is 10.6 Å². The van der Waals surface area contributed by atoms with Gasteiger partial charge >= 0.3 is 0 Å². The Morgan fingerprint density at radius 2 is 1.86 bits per heavy atom. The number of benzene rings is 1. The van der Waals surface area contributed by atoms with E-state index < -0.39 is 23.3 Å². The third-order valence-corrected chi connectivity index (χ3v) is 6.62. The summed E-state index contributed by atoms with van der Waals surface area (Å²) in [5, 5.41) is 31.6. The number of rotatable bonds is 12. The summed E-state index contributed by atoms with van der Waals surface area (Å²) in [6, 6.07) is 0.934. The van der Waals surface area contributed by atoms with Gasteiger partial charge in [-0.2, -0.15) is 0 Å². The van der Waals surface area contributed by atoms with Crippen LogP contribution in [0.15, 0.2) is 23.5 Å². The summed E-state index contributed by atoms with van der Waals surface area (Å²) in [4.78, 5) is 41.1. The molecule has 5 N–H and O–H groups in total. The number of phenols is 1. The molecule has 198 valence electrons. The first-order valence-electron chi connectivity index (χ1n) is 11.8. The fraction of sp³-hybridized carbons (Fsp3) is 0.500. The molecule has 1 amide bonds. The van der Waals surface area contributed by atoms with Crippen molar-refractivity contribution in [3.63, 3.8) is 0 Å². The predicted molar refractivity (Wildman–Crippen MR) is 137 cm³/mol. The zero-order valence-electron chi connectivity index (χ0n) is 21.8. The van der Waals surface area contributed by atoms with Gasteiger partial charge in [-0.05, 0) is 50.9 Å². The molecular formula is C26H37N3O7. The van der Waals surface area contributed by atoms with Gasteiger partial charge in [0.05, 0.1) is 24.5 Å². The molecule has 0 aliphatic heterocycles. The highest BCUT2D eigenvalue weighted by atomic mass is 16.5. The molecular weight excluding hydrogens is 466 g/mol. The van der Waals surface area contributed by atoms with E-state index in [9.17, 15) is 29.7 Å². The normalized spacial score (nSPS) is 16.6. The maximum atomic E-state index is 13.4. The average molecular weight is 504 g/mol. The number of allylic oxidation sites excluding steroid dienone is 1. The van der Waals surface area contributed by atoms with Gasteiger partial charge < -0.3 is 30.7 Å². The molecule has 0 spiro atoms. The Kier molecular flexibility index (Phi) is 9.66. The summed E-state index contributed by atoms with van der Waals surface area (Å²) in [5.74, 6) is -2.80. The zero-order valence-corrected chi connectivity index (χ0v) is 21.8. The van der Waals surface area contributed by atoms with Crippen molar-refractivity contribution in [2.45, 2.75) is 45.3 Å². The highest BCUT2D eigenvalue weighted by Gasteiger charge is 2.36. The number of aromatic hydroxyl groups is 1. The maximum Gasteiger partial charge on any atom is 0.255 e. The Balaban J connectivity index is 2.51. The fourth-order valence-electron chi connectivity index (χ4n) is 4.72. The second-order valence-electron chi connectivity index (χ2n) is 9.37. The van der Waals surface area contributed by atoms with Crippen LogP contribution in [0.4, 0.5) is 5.69 Å². The van der Waals surface area contributed by atoms with Crippen molar-refractivity contribution in [2.24, 2.45) is 11.7 Å². The molecule has 0 bridgehead atoms. The van der Waals surface area contributed by atoms with Crippen molar-refractivity contribution in [2.75, 3.05) is 40.2 Å². The smallest absolute Gasteiger partial charge is 0.255 e. The first kappa shape index (κ1) is 28.9. The van der Waals surface area contributed by atoms with Gasteiger partial charge in [-0.1, -0.05) is 6.92 Å². The molecule has 1 aliphatic carbocycles. The SMILES string of the molecule is CCC1Cc2c(N(C)C)cc(COC)c(O)c2C(O)=C1C(=O)CC[C@@H](C(=O)C(=CO)C(N)=O)N(C)C. The van der Waals surface area contributed by atoms with Gasteiger partial charge in [0.1, 0.15) is 17.1 Å². The number of carbonyl (C=O) groups is 3. The van der Waals surface area contributed by atoms with Gasteiger partial charge in [0.25, 0.3) is 5.91 Å². The highest BCUT2D eigenvalue weighted by molar-refractivity contribution is 6.20. The first-order chi connectivity index (χ1) is 16.9. The number of amides is 1. The molecule has 10 nitrogen and oxygen atoms in total. The van der Waals surface area contributed by atoms with Crippen molar-refractivity contribution < 1.29 is 34.4 Å². The Morgan fingerprint density at radius 1 is 1.22 bits per heavy atom. The Labute approximate surface area is 211 Å². The maximum absolute atomic E-state index is 13.4. The number of phenolic OH excluding ortho intramolecular Hbond substituents is 1. The minimum Gasteiger partial charge on any atom is -0.515 e. The van der Waals surface area contributed by atoms with Crippen LogP contribution in [0.5, 0.6) is 5.75 Å². The number of methoxy groups -OCH3 is 1. The Morgan fingerprint density at radius 3 is 2.33 bits per heavy atom. The standard InChI is InChI=1S/C26H37N3O7/c1-7-14-10-16-19(29(4)5)11-15(13-36-6)23(32)22(16)25(34)21(14)20(31)9-8-18(28(2)3)24(33)17(12-30)26(27)35/h11-12,14,18,30,32,34H,7-10,13H2,1-6H3,(H2,27,35)/t14?,18-/m0/s1. The minimum atomic E-state index is -1.06. The van der Waals surface area contributed by atoms with Gasteiger partial charge in [-0.25, -0.2) is 0 Å². The molecule has 1 aromatic rings. The number of hydrogen-bond acceptors (Lipinski definition) is 9. The molecule has 1 aliphatic rings. The molecule has 1 aromatic carbocycles. The molecule has 0 radical (unpaired) electrons. The van der Waals surface area contributed by atoms with E-state index in [2.05, 4.69) is 0 Å². The molecule has 0 heterocycles. The van der Waals surface area contributed by atoms with Crippen molar-refractivity contribution in [1.29, 1.82) is 0 Å². The second kappa shape index (κ2) is 12.0. The molecule has 0 fully saturated rings. The number of aliphatic hydroxyl groups is 2. The van der Waals surface area contributed by atoms with Crippen LogP contribution in [0.2, 0.25) is 0 Å². The average Bonchev–Trinajstić information content (AvgIpc) is 2.80. The Bertz CT molecular complexity index is 1090. The van der Waals surface area contributed by atoms with Crippen LogP contribution in [-0.4, -0.2) is 79.0 Å². The van der Waals surface area contributed by atoms with Crippen molar-refractivity contribution in [1.82, 2.24) is 4.90 Å². The molecule has 2 rings (SSSR count). The second-order valence-corrected chi connectivity index (χ2v) is 9.37. The number of hydrogen-bond donors (Lipinski definition) is 4. The van der Waals surface area contributed by atoms with Crippen LogP contribution in [0.1, 0.15) is 42.9 Å². The lowest BCUT2D eigenvalue weighted by atomic mass is 9.76. The van der Waals surface area contributed by atoms with E-state index in [4.69, 9.17) is 10.5 Å². The third-order valence-electron chi connectivity index (χ3n) is 6.62. The van der Waals surface area contributed by atoms with Crippen LogP contribution in [0.3, 0.4) is 0 Å². The third kappa shape index (κ3) is 5.71. The largest absolute Gasteiger partial charge is 0.515 e. The number of likely N-dealkylation sites (N-methyl/N-ethyl adjacent to an activating group) is 1. The predicted octanol–water partition coefficient (Wildman–Crippen LogP) is 2.23. The number of carbonyl (C=O) groups excluding carboxylic acids is 3. The topological polar surface area (TPSA) is 154 Å². The number of fused-ring (bicyclic) bond motifs is 1. The van der Waals surface area contributed by atoms with E-state index in [-0.39, 0.29) is 53.8 Å². The van der Waals surface area contributed by atoms with Gasteiger partial charge in [-0.3, -0.25) is 19.3 Å². The van der Waals surface area contributed by atoms with Gasteiger partial charge in [-0.15, -0.1) is 0 Å². The van der Waals surface area contributed by atoms with Gasteiger partial charge in [0, 0.05) is 44.4 Å². The van der Waals surface area contributed by atoms with Crippen LogP contribution in [-0.2, 0) is 32.1 Å². The van der Waals surface area contributed by atoms with E-state index in [0.29, 0.717) is 24.7 Å². The quantitative estimate of drug-likeness (QED) is 0.145. The summed E-state index contributed by atoms with van der Waals surface area (Å²) in [5.41, 5.74) is 7.13. The minimum absolute atomic E-state index is 0.0357. The van der Waals surface area contributed by atoms with Crippen LogP contribution >= 0.6 is 0 Å². The molecule has 0 saturated heterocycles. The number of nitrogens with two attached hydrogens (primary N) is 1. The monoisotopic (exact) mass is 503 g/mol. The Hall–Kier alpha value is -3.37. The summed E-state index contributed by atoms with van der Waals surface area (Å²) in [6.45, 7) is 2.04. The fourth-order valence-corrected chi connectivity index (χ4v) is 4.72. The van der Waals surface area contributed by atoms with Crippen LogP contribution in [0, 0.1) is 5.92 Å². The molecule has 1 unspecified atom stereocenters. The van der Waals surface area contributed by atoms with E-state index in [0.717, 1.165) is 11.3 Å². The van der Waals surface area contributed by atoms with E-state index >= 15 is 0 Å². The zero-order chi connectivity index (χ0) is 27.3. The summed E-state index contributed by atoms with van der Waals surface area (Å²) in [6.07, 6.45) is 1.34.